The molecule has 17 heavy (non-hydrogen) atoms. The number of hydrogen-bond acceptors (Lipinski definition) is 1. The first kappa shape index (κ1) is 18.0. The number of likely N-dealkylation sites (tertiary alicyclic amines) is 1. The molecule has 98 valence electrons. The van der Waals surface area contributed by atoms with E-state index in [1.807, 2.05) is 0 Å². The van der Waals surface area contributed by atoms with Crippen LogP contribution in [0, 0.1) is 42.9 Å². The van der Waals surface area contributed by atoms with Crippen LogP contribution >= 0.6 is 0 Å². The molecule has 2 unspecified atom stereocenters. The summed E-state index contributed by atoms with van der Waals surface area (Å²) in [6.07, 6.45) is 1.33. The molecular weight excluding hydrogens is 434 g/mol. The molecule has 2 fully saturated rings. The zero-order valence-electron chi connectivity index (χ0n) is 12.4. The van der Waals surface area contributed by atoms with Gasteiger partial charge in [-0.2, -0.15) is 20.8 Å². The second-order valence-corrected chi connectivity index (χ2v) is 6.60. The van der Waals surface area contributed by atoms with Gasteiger partial charge < -0.3 is 11.2 Å². The maximum absolute atomic E-state index is 4.62. The first-order valence-corrected chi connectivity index (χ1v) is 6.49. The first-order valence-electron chi connectivity index (χ1n) is 6.49. The summed E-state index contributed by atoms with van der Waals surface area (Å²) in [5.74, 6) is 2.30. The Kier molecular flexibility index (Phi) is 7.97. The summed E-state index contributed by atoms with van der Waals surface area (Å²) < 4.78 is 0. The Hall–Kier alpha value is 0.972. The summed E-state index contributed by atoms with van der Waals surface area (Å²) in [6.45, 7) is 16.7. The largest absolute Gasteiger partial charge is 2.00 e. The Labute approximate surface area is 132 Å². The SMILES string of the molecule is CC(C)(C)N1CC2CC[N-]C2C1.C[C-](C)C.[U+2]. The Morgan fingerprint density at radius 3 is 2.06 bits per heavy atom. The molecule has 0 radical (unpaired) electrons. The molecule has 2 aliphatic heterocycles. The van der Waals surface area contributed by atoms with E-state index in [-0.39, 0.29) is 31.1 Å². The van der Waals surface area contributed by atoms with Gasteiger partial charge in [0.2, 0.25) is 0 Å². The molecule has 2 rings (SSSR count). The standard InChI is InChI=1S/C10H19N2.C4H9.U/c1-10(2,3)12-6-8-4-5-11-9(8)7-12;1-4(2)3;/h8-9H,4-7H2,1-3H3;1-3H3;/q2*-1;+2. The average molecular weight is 462 g/mol. The minimum absolute atomic E-state index is 0. The quantitative estimate of drug-likeness (QED) is 0.504. The monoisotopic (exact) mass is 462 g/mol. The first-order chi connectivity index (χ1) is 7.30. The summed E-state index contributed by atoms with van der Waals surface area (Å²) in [5.41, 5.74) is 0.347. The smallest absolute Gasteiger partial charge is 0.658 e. The van der Waals surface area contributed by atoms with E-state index in [0.29, 0.717) is 11.6 Å². The van der Waals surface area contributed by atoms with Gasteiger partial charge in [0.1, 0.15) is 0 Å². The van der Waals surface area contributed by atoms with Crippen LogP contribution in [0.1, 0.15) is 48.0 Å². The van der Waals surface area contributed by atoms with E-state index < -0.39 is 0 Å². The van der Waals surface area contributed by atoms with Crippen LogP contribution in [-0.4, -0.2) is 36.1 Å². The molecular formula is C14H28N2U. The second kappa shape index (κ2) is 7.53. The van der Waals surface area contributed by atoms with Crippen LogP contribution in [0.2, 0.25) is 0 Å². The molecule has 0 spiro atoms. The van der Waals surface area contributed by atoms with Gasteiger partial charge in [0.05, 0.1) is 0 Å². The van der Waals surface area contributed by atoms with E-state index >= 15 is 0 Å². The molecule has 0 N–H and O–H groups in total. The van der Waals surface area contributed by atoms with Crippen LogP contribution in [0.3, 0.4) is 0 Å². The third-order valence-electron chi connectivity index (χ3n) is 3.22. The van der Waals surface area contributed by atoms with Crippen LogP contribution in [0.15, 0.2) is 0 Å². The van der Waals surface area contributed by atoms with Gasteiger partial charge in [-0.25, -0.2) is 0 Å². The molecule has 2 heterocycles. The van der Waals surface area contributed by atoms with Crippen molar-refractivity contribution >= 4 is 0 Å². The summed E-state index contributed by atoms with van der Waals surface area (Å²) in [5, 5.41) is 4.62. The third-order valence-corrected chi connectivity index (χ3v) is 3.22. The topological polar surface area (TPSA) is 17.3 Å². The van der Waals surface area contributed by atoms with E-state index in [4.69, 9.17) is 0 Å². The van der Waals surface area contributed by atoms with Gasteiger partial charge >= 0.3 is 31.1 Å². The average Bonchev–Trinajstić information content (AvgIpc) is 2.56. The number of hydrogen-bond donors (Lipinski definition) is 0. The van der Waals surface area contributed by atoms with E-state index in [2.05, 4.69) is 51.8 Å². The predicted octanol–water partition coefficient (Wildman–Crippen LogP) is 3.48. The van der Waals surface area contributed by atoms with Crippen LogP contribution < -0.4 is 0 Å². The van der Waals surface area contributed by atoms with Crippen molar-refractivity contribution in [3.05, 3.63) is 11.2 Å². The van der Waals surface area contributed by atoms with Gasteiger partial charge in [0.25, 0.3) is 0 Å². The number of rotatable bonds is 0. The van der Waals surface area contributed by atoms with Gasteiger partial charge in [-0.15, -0.1) is 12.6 Å². The van der Waals surface area contributed by atoms with Gasteiger partial charge in [0.15, 0.2) is 0 Å². The summed E-state index contributed by atoms with van der Waals surface area (Å²) >= 11 is 0. The summed E-state index contributed by atoms with van der Waals surface area (Å²) in [6, 6.07) is 0.671. The predicted molar refractivity (Wildman–Crippen MR) is 71.7 cm³/mol. The van der Waals surface area contributed by atoms with E-state index in [1.54, 1.807) is 0 Å². The Balaban J connectivity index is 0.000000453. The molecule has 0 amide bonds. The maximum atomic E-state index is 4.62. The van der Waals surface area contributed by atoms with Crippen molar-refractivity contribution in [1.82, 2.24) is 4.90 Å². The van der Waals surface area contributed by atoms with Crippen molar-refractivity contribution in [2.24, 2.45) is 5.92 Å². The Morgan fingerprint density at radius 2 is 1.65 bits per heavy atom. The second-order valence-electron chi connectivity index (χ2n) is 6.60. The normalized spacial score (nSPS) is 28.4. The molecule has 3 heteroatoms. The molecule has 2 aliphatic rings. The van der Waals surface area contributed by atoms with Crippen LogP contribution in [0.25, 0.3) is 5.32 Å². The fourth-order valence-electron chi connectivity index (χ4n) is 2.30. The molecule has 0 aromatic carbocycles. The van der Waals surface area contributed by atoms with Gasteiger partial charge in [-0.3, -0.25) is 4.90 Å². The van der Waals surface area contributed by atoms with E-state index in [9.17, 15) is 0 Å². The fraction of sp³-hybridized carbons (Fsp3) is 0.929. The van der Waals surface area contributed by atoms with Crippen LogP contribution in [-0.2, 0) is 0 Å². The molecule has 0 saturated carbocycles. The summed E-state index contributed by atoms with van der Waals surface area (Å²) in [4.78, 5) is 2.57. The molecule has 0 bridgehead atoms. The van der Waals surface area contributed by atoms with Gasteiger partial charge in [-0.05, 0) is 33.2 Å². The summed E-state index contributed by atoms with van der Waals surface area (Å²) in [7, 11) is 0. The molecule has 2 atom stereocenters. The Morgan fingerprint density at radius 1 is 1.12 bits per heavy atom. The number of nitrogens with zero attached hydrogens (tertiary/aromatic N) is 2. The van der Waals surface area contributed by atoms with E-state index in [1.165, 1.54) is 25.4 Å². The minimum Gasteiger partial charge on any atom is -0.658 e. The van der Waals surface area contributed by atoms with Crippen molar-refractivity contribution in [2.45, 2.75) is 59.5 Å². The minimum atomic E-state index is 0. The molecule has 2 nitrogen and oxygen atoms in total. The van der Waals surface area contributed by atoms with E-state index in [0.717, 1.165) is 12.5 Å². The fourth-order valence-corrected chi connectivity index (χ4v) is 2.30. The molecule has 0 aromatic heterocycles. The van der Waals surface area contributed by atoms with Crippen molar-refractivity contribution in [1.29, 1.82) is 0 Å². The third kappa shape index (κ3) is 6.10. The molecule has 0 aliphatic carbocycles. The maximum Gasteiger partial charge on any atom is 2.00 e. The van der Waals surface area contributed by atoms with Crippen molar-refractivity contribution < 1.29 is 31.1 Å². The van der Waals surface area contributed by atoms with Crippen LogP contribution in [0.5, 0.6) is 0 Å². The Bertz CT molecular complexity index is 196. The zero-order chi connectivity index (χ0) is 12.3. The number of fused-ring (bicyclic) bond motifs is 1. The molecule has 0 aromatic rings. The van der Waals surface area contributed by atoms with Crippen LogP contribution in [0.4, 0.5) is 0 Å². The van der Waals surface area contributed by atoms with Crippen molar-refractivity contribution in [2.75, 3.05) is 19.6 Å². The molecule has 2 saturated heterocycles. The van der Waals surface area contributed by atoms with Gasteiger partial charge in [-0.1, -0.05) is 6.42 Å². The van der Waals surface area contributed by atoms with Gasteiger partial charge in [0, 0.05) is 12.1 Å². The van der Waals surface area contributed by atoms with Crippen molar-refractivity contribution in [3.8, 4) is 0 Å². The zero-order valence-corrected chi connectivity index (χ0v) is 16.5. The van der Waals surface area contributed by atoms with Crippen molar-refractivity contribution in [3.63, 3.8) is 0 Å².